The summed E-state index contributed by atoms with van der Waals surface area (Å²) in [5.74, 6) is -1.54. The van der Waals surface area contributed by atoms with Crippen LogP contribution in [0.25, 0.3) is 0 Å². The molecule has 0 saturated heterocycles. The molecule has 1 aliphatic heterocycles. The second kappa shape index (κ2) is 11.0. The van der Waals surface area contributed by atoms with Gasteiger partial charge >= 0.3 is 0 Å². The normalized spacial score (nSPS) is 13.6. The molecular formula is C29H28FN3O4. The number of hydrogen-bond donors (Lipinski definition) is 3. The number of para-hydroxylation sites is 4. The molecule has 37 heavy (non-hydrogen) atoms. The molecule has 1 heterocycles. The van der Waals surface area contributed by atoms with Gasteiger partial charge in [-0.25, -0.2) is 4.39 Å². The smallest absolute Gasteiger partial charge is 0.254 e. The highest BCUT2D eigenvalue weighted by Crippen LogP contribution is 2.41. The van der Waals surface area contributed by atoms with Crippen LogP contribution < -0.4 is 25.4 Å². The average molecular weight is 502 g/mol. The number of halogens is 1. The van der Waals surface area contributed by atoms with Crippen LogP contribution in [-0.4, -0.2) is 26.0 Å². The number of rotatable bonds is 7. The Kier molecular flexibility index (Phi) is 7.57. The fourth-order valence-corrected chi connectivity index (χ4v) is 4.49. The van der Waals surface area contributed by atoms with E-state index in [0.717, 1.165) is 0 Å². The quantitative estimate of drug-likeness (QED) is 0.406. The van der Waals surface area contributed by atoms with Crippen LogP contribution in [-0.2, 0) is 9.59 Å². The van der Waals surface area contributed by atoms with Crippen LogP contribution in [0.1, 0.15) is 25.3 Å². The maximum absolute atomic E-state index is 15.2. The molecule has 0 bridgehead atoms. The Morgan fingerprint density at radius 2 is 1.16 bits per heavy atom. The minimum atomic E-state index is -0.980. The zero-order chi connectivity index (χ0) is 26.5. The van der Waals surface area contributed by atoms with Crippen molar-refractivity contribution >= 4 is 23.2 Å². The Labute approximate surface area is 215 Å². The van der Waals surface area contributed by atoms with Crippen molar-refractivity contribution in [2.75, 3.05) is 24.9 Å². The number of dihydropyridines is 1. The molecule has 3 aromatic rings. The fraction of sp³-hybridized carbons (Fsp3) is 0.172. The van der Waals surface area contributed by atoms with Crippen LogP contribution in [0.2, 0.25) is 0 Å². The molecule has 0 atom stereocenters. The van der Waals surface area contributed by atoms with E-state index in [9.17, 15) is 9.59 Å². The molecule has 190 valence electrons. The van der Waals surface area contributed by atoms with Crippen LogP contribution in [0.15, 0.2) is 95.3 Å². The van der Waals surface area contributed by atoms with Gasteiger partial charge in [-0.1, -0.05) is 42.5 Å². The van der Waals surface area contributed by atoms with Crippen LogP contribution in [0.5, 0.6) is 11.5 Å². The Hall–Kier alpha value is -4.59. The molecular weight excluding hydrogens is 473 g/mol. The highest BCUT2D eigenvalue weighted by atomic mass is 19.1. The third-order valence-corrected chi connectivity index (χ3v) is 6.18. The van der Waals surface area contributed by atoms with Gasteiger partial charge in [0.1, 0.15) is 17.3 Å². The van der Waals surface area contributed by atoms with Crippen molar-refractivity contribution in [3.63, 3.8) is 0 Å². The standard InChI is InChI=1S/C29H28FN3O4/c1-17-25(28(34)32-21-13-7-9-15-23(21)36-3)27(19-11-5-6-12-20(19)30)26(18(2)31-17)29(35)33-22-14-8-10-16-24(22)37-4/h5-16,27,31H,1-4H3,(H,32,34)(H,33,35). The van der Waals surface area contributed by atoms with Crippen molar-refractivity contribution in [1.29, 1.82) is 0 Å². The first-order valence-electron chi connectivity index (χ1n) is 11.7. The summed E-state index contributed by atoms with van der Waals surface area (Å²) < 4.78 is 26.0. The van der Waals surface area contributed by atoms with Gasteiger partial charge in [-0.05, 0) is 44.2 Å². The molecule has 3 aromatic carbocycles. The lowest BCUT2D eigenvalue weighted by molar-refractivity contribution is -0.113. The summed E-state index contributed by atoms with van der Waals surface area (Å²) in [7, 11) is 3.01. The van der Waals surface area contributed by atoms with Crippen molar-refractivity contribution < 1.29 is 23.5 Å². The largest absolute Gasteiger partial charge is 0.495 e. The number of methoxy groups -OCH3 is 2. The summed E-state index contributed by atoms with van der Waals surface area (Å²) in [4.78, 5) is 27.4. The van der Waals surface area contributed by atoms with Gasteiger partial charge in [0, 0.05) is 28.1 Å². The van der Waals surface area contributed by atoms with Crippen LogP contribution in [0.3, 0.4) is 0 Å². The zero-order valence-corrected chi connectivity index (χ0v) is 21.0. The molecule has 0 unspecified atom stereocenters. The lowest BCUT2D eigenvalue weighted by Crippen LogP contribution is -2.35. The van der Waals surface area contributed by atoms with Crippen molar-refractivity contribution in [2.24, 2.45) is 0 Å². The van der Waals surface area contributed by atoms with Gasteiger partial charge in [-0.2, -0.15) is 0 Å². The summed E-state index contributed by atoms with van der Waals surface area (Å²) >= 11 is 0. The van der Waals surface area contributed by atoms with E-state index in [1.807, 2.05) is 0 Å². The van der Waals surface area contributed by atoms with E-state index < -0.39 is 23.5 Å². The van der Waals surface area contributed by atoms with E-state index in [1.54, 1.807) is 80.6 Å². The Morgan fingerprint density at radius 3 is 1.62 bits per heavy atom. The minimum absolute atomic E-state index is 0.207. The fourth-order valence-electron chi connectivity index (χ4n) is 4.49. The number of hydrogen-bond acceptors (Lipinski definition) is 5. The summed E-state index contributed by atoms with van der Waals surface area (Å²) in [5, 5.41) is 8.87. The van der Waals surface area contributed by atoms with Gasteiger partial charge in [0.25, 0.3) is 11.8 Å². The van der Waals surface area contributed by atoms with Crippen molar-refractivity contribution in [1.82, 2.24) is 5.32 Å². The second-order valence-electron chi connectivity index (χ2n) is 8.47. The van der Waals surface area contributed by atoms with Crippen LogP contribution >= 0.6 is 0 Å². The molecule has 1 aliphatic rings. The third kappa shape index (κ3) is 5.18. The topological polar surface area (TPSA) is 88.7 Å². The summed E-state index contributed by atoms with van der Waals surface area (Å²) in [5.41, 5.74) is 2.55. The van der Waals surface area contributed by atoms with E-state index in [-0.39, 0.29) is 16.7 Å². The van der Waals surface area contributed by atoms with Gasteiger partial charge < -0.3 is 25.4 Å². The highest BCUT2D eigenvalue weighted by molar-refractivity contribution is 6.12. The van der Waals surface area contributed by atoms with Gasteiger partial charge in [0.15, 0.2) is 0 Å². The zero-order valence-electron chi connectivity index (χ0n) is 21.0. The lowest BCUT2D eigenvalue weighted by Gasteiger charge is -2.31. The SMILES string of the molecule is COc1ccccc1NC(=O)C1=C(C)NC(C)=C(C(=O)Nc2ccccc2OC)C1c1ccccc1F. The monoisotopic (exact) mass is 501 g/mol. The Morgan fingerprint density at radius 1 is 0.730 bits per heavy atom. The number of carbonyl (C=O) groups excluding carboxylic acids is 2. The molecule has 0 spiro atoms. The number of anilines is 2. The van der Waals surface area contributed by atoms with E-state index in [1.165, 1.54) is 20.3 Å². The van der Waals surface area contributed by atoms with E-state index in [2.05, 4.69) is 16.0 Å². The maximum Gasteiger partial charge on any atom is 0.254 e. The van der Waals surface area contributed by atoms with Crippen LogP contribution in [0, 0.1) is 5.82 Å². The number of ether oxygens (including phenoxy) is 2. The Bertz CT molecular complexity index is 1330. The Balaban J connectivity index is 1.79. The number of nitrogens with one attached hydrogen (secondary N) is 3. The highest BCUT2D eigenvalue weighted by Gasteiger charge is 2.38. The van der Waals surface area contributed by atoms with Crippen molar-refractivity contribution in [2.45, 2.75) is 19.8 Å². The lowest BCUT2D eigenvalue weighted by atomic mass is 9.79. The maximum atomic E-state index is 15.2. The van der Waals surface area contributed by atoms with Gasteiger partial charge in [-0.3, -0.25) is 9.59 Å². The number of allylic oxidation sites excluding steroid dienone is 2. The van der Waals surface area contributed by atoms with E-state index in [4.69, 9.17) is 9.47 Å². The molecule has 0 aromatic heterocycles. The molecule has 4 rings (SSSR count). The molecule has 0 fully saturated rings. The van der Waals surface area contributed by atoms with Gasteiger partial charge in [0.2, 0.25) is 0 Å². The predicted octanol–water partition coefficient (Wildman–Crippen LogP) is 5.36. The van der Waals surface area contributed by atoms with Crippen molar-refractivity contribution in [3.05, 3.63) is 107 Å². The number of amides is 2. The van der Waals surface area contributed by atoms with E-state index in [0.29, 0.717) is 34.3 Å². The van der Waals surface area contributed by atoms with Crippen molar-refractivity contribution in [3.8, 4) is 11.5 Å². The molecule has 7 nitrogen and oxygen atoms in total. The molecule has 0 aliphatic carbocycles. The molecule has 8 heteroatoms. The molecule has 3 N–H and O–H groups in total. The number of carbonyl (C=O) groups is 2. The summed E-state index contributed by atoms with van der Waals surface area (Å²) in [6.45, 7) is 3.45. The number of benzene rings is 3. The first-order chi connectivity index (χ1) is 17.8. The first kappa shape index (κ1) is 25.5. The van der Waals surface area contributed by atoms with Gasteiger partial charge in [-0.15, -0.1) is 0 Å². The minimum Gasteiger partial charge on any atom is -0.495 e. The van der Waals surface area contributed by atoms with Gasteiger partial charge in [0.05, 0.1) is 31.5 Å². The summed E-state index contributed by atoms with van der Waals surface area (Å²) in [6.07, 6.45) is 0. The predicted molar refractivity (Wildman–Crippen MR) is 141 cm³/mol. The van der Waals surface area contributed by atoms with Crippen LogP contribution in [0.4, 0.5) is 15.8 Å². The molecule has 2 amide bonds. The second-order valence-corrected chi connectivity index (χ2v) is 8.47. The average Bonchev–Trinajstić information content (AvgIpc) is 2.89. The molecule has 0 saturated carbocycles. The first-order valence-corrected chi connectivity index (χ1v) is 11.7. The molecule has 0 radical (unpaired) electrons. The third-order valence-electron chi connectivity index (χ3n) is 6.18. The van der Waals surface area contributed by atoms with E-state index >= 15 is 4.39 Å². The summed E-state index contributed by atoms with van der Waals surface area (Å²) in [6, 6.07) is 20.1.